The van der Waals surface area contributed by atoms with E-state index in [2.05, 4.69) is 0 Å². The van der Waals surface area contributed by atoms with Gasteiger partial charge in [-0.3, -0.25) is 0 Å². The van der Waals surface area contributed by atoms with Crippen molar-refractivity contribution < 1.29 is 27.8 Å². The van der Waals surface area contributed by atoms with Crippen molar-refractivity contribution in [1.82, 2.24) is 0 Å². The Kier molecular flexibility index (Phi) is 4.31. The van der Waals surface area contributed by atoms with Gasteiger partial charge in [-0.2, -0.15) is 13.2 Å². The predicted molar refractivity (Wildman–Crippen MR) is 61.9 cm³/mol. The van der Waals surface area contributed by atoms with Crippen LogP contribution in [0.2, 0.25) is 0 Å². The van der Waals surface area contributed by atoms with E-state index in [9.17, 15) is 18.3 Å². The molecular formula is C13H15F3O3. The Hall–Kier alpha value is -1.27. The van der Waals surface area contributed by atoms with Gasteiger partial charge >= 0.3 is 6.18 Å². The quantitative estimate of drug-likeness (QED) is 0.922. The van der Waals surface area contributed by atoms with Gasteiger partial charge in [0, 0.05) is 13.0 Å². The number of halogens is 3. The second-order valence-electron chi connectivity index (χ2n) is 4.48. The van der Waals surface area contributed by atoms with Crippen LogP contribution in [0.3, 0.4) is 0 Å². The smallest absolute Gasteiger partial charge is 0.428 e. The highest BCUT2D eigenvalue weighted by atomic mass is 19.4. The molecule has 1 aromatic carbocycles. The molecule has 0 aromatic heterocycles. The summed E-state index contributed by atoms with van der Waals surface area (Å²) >= 11 is 0. The van der Waals surface area contributed by atoms with Crippen LogP contribution in [0.4, 0.5) is 13.2 Å². The minimum Gasteiger partial charge on any atom is -0.478 e. The van der Waals surface area contributed by atoms with Crippen molar-refractivity contribution in [2.24, 2.45) is 0 Å². The van der Waals surface area contributed by atoms with Gasteiger partial charge < -0.3 is 14.6 Å². The van der Waals surface area contributed by atoms with E-state index in [1.807, 2.05) is 0 Å². The molecule has 1 N–H and O–H groups in total. The summed E-state index contributed by atoms with van der Waals surface area (Å²) in [6.45, 7) is 0.108. The van der Waals surface area contributed by atoms with Crippen LogP contribution in [0.15, 0.2) is 30.3 Å². The van der Waals surface area contributed by atoms with E-state index in [0.717, 1.165) is 0 Å². The topological polar surface area (TPSA) is 38.7 Å². The van der Waals surface area contributed by atoms with Crippen LogP contribution < -0.4 is 4.74 Å². The first-order valence-corrected chi connectivity index (χ1v) is 6.05. The van der Waals surface area contributed by atoms with Crippen LogP contribution in [-0.4, -0.2) is 36.2 Å². The molecule has 1 heterocycles. The molecule has 1 aliphatic rings. The van der Waals surface area contributed by atoms with E-state index in [1.165, 1.54) is 12.1 Å². The third-order valence-corrected chi connectivity index (χ3v) is 2.95. The number of rotatable bonds is 3. The molecule has 3 atom stereocenters. The second kappa shape index (κ2) is 5.79. The lowest BCUT2D eigenvalue weighted by Gasteiger charge is -2.33. The Morgan fingerprint density at radius 1 is 1.26 bits per heavy atom. The molecule has 0 spiro atoms. The molecule has 6 heteroatoms. The zero-order valence-electron chi connectivity index (χ0n) is 10.1. The summed E-state index contributed by atoms with van der Waals surface area (Å²) in [6.07, 6.45) is -8.28. The number of alkyl halides is 3. The van der Waals surface area contributed by atoms with Crippen molar-refractivity contribution in [2.45, 2.75) is 37.3 Å². The van der Waals surface area contributed by atoms with Gasteiger partial charge in [-0.1, -0.05) is 18.2 Å². The molecule has 3 unspecified atom stereocenters. The van der Waals surface area contributed by atoms with E-state index in [0.29, 0.717) is 6.42 Å². The average molecular weight is 276 g/mol. The lowest BCUT2D eigenvalue weighted by Crippen LogP contribution is -2.49. The van der Waals surface area contributed by atoms with Crippen LogP contribution in [0.25, 0.3) is 0 Å². The Bertz CT molecular complexity index is 394. The molecule has 106 valence electrons. The second-order valence-corrected chi connectivity index (χ2v) is 4.48. The molecular weight excluding hydrogens is 261 g/mol. The Morgan fingerprint density at radius 2 is 1.95 bits per heavy atom. The lowest BCUT2D eigenvalue weighted by atomic mass is 10.0. The number of ether oxygens (including phenoxy) is 2. The highest BCUT2D eigenvalue weighted by Crippen LogP contribution is 2.32. The summed E-state index contributed by atoms with van der Waals surface area (Å²) in [4.78, 5) is 0. The summed E-state index contributed by atoms with van der Waals surface area (Å²) in [5.74, 6) is 0.133. The van der Waals surface area contributed by atoms with E-state index >= 15 is 0 Å². The molecule has 0 amide bonds. The molecule has 2 rings (SSSR count). The molecule has 1 aliphatic heterocycles. The molecule has 0 saturated carbocycles. The predicted octanol–water partition coefficient (Wildman–Crippen LogP) is 2.54. The third kappa shape index (κ3) is 3.84. The Morgan fingerprint density at radius 3 is 2.53 bits per heavy atom. The van der Waals surface area contributed by atoms with Crippen LogP contribution >= 0.6 is 0 Å². The van der Waals surface area contributed by atoms with E-state index in [1.54, 1.807) is 18.2 Å². The fourth-order valence-electron chi connectivity index (χ4n) is 2.02. The van der Waals surface area contributed by atoms with E-state index in [-0.39, 0.29) is 18.8 Å². The largest absolute Gasteiger partial charge is 0.478 e. The van der Waals surface area contributed by atoms with Gasteiger partial charge in [-0.05, 0) is 18.6 Å². The van der Waals surface area contributed by atoms with Crippen molar-refractivity contribution in [1.29, 1.82) is 0 Å². The first-order valence-electron chi connectivity index (χ1n) is 6.05. The fraction of sp³-hybridized carbons (Fsp3) is 0.538. The number of aliphatic hydroxyl groups is 1. The van der Waals surface area contributed by atoms with Crippen LogP contribution in [0, 0.1) is 0 Å². The van der Waals surface area contributed by atoms with Crippen LogP contribution in [-0.2, 0) is 4.74 Å². The minimum atomic E-state index is -4.54. The van der Waals surface area contributed by atoms with Crippen LogP contribution in [0.5, 0.6) is 5.75 Å². The zero-order chi connectivity index (χ0) is 13.9. The first-order chi connectivity index (χ1) is 8.97. The normalized spacial score (nSPS) is 25.9. The molecule has 1 fully saturated rings. The van der Waals surface area contributed by atoms with Gasteiger partial charge in [0.15, 0.2) is 0 Å². The molecule has 0 bridgehead atoms. The lowest BCUT2D eigenvalue weighted by molar-refractivity contribution is -0.237. The summed E-state index contributed by atoms with van der Waals surface area (Å²) in [7, 11) is 0. The molecule has 1 saturated heterocycles. The van der Waals surface area contributed by atoms with Crippen LogP contribution in [0.1, 0.15) is 12.8 Å². The average Bonchev–Trinajstić information content (AvgIpc) is 2.36. The van der Waals surface area contributed by atoms with Crippen molar-refractivity contribution in [3.63, 3.8) is 0 Å². The summed E-state index contributed by atoms with van der Waals surface area (Å²) in [5.41, 5.74) is 0. The summed E-state index contributed by atoms with van der Waals surface area (Å²) in [5, 5.41) is 9.46. The maximum absolute atomic E-state index is 13.0. The molecule has 3 nitrogen and oxygen atoms in total. The Balaban J connectivity index is 2.12. The summed E-state index contributed by atoms with van der Waals surface area (Å²) < 4.78 is 49.2. The van der Waals surface area contributed by atoms with E-state index in [4.69, 9.17) is 9.47 Å². The van der Waals surface area contributed by atoms with Gasteiger partial charge in [0.1, 0.15) is 11.9 Å². The van der Waals surface area contributed by atoms with Crippen molar-refractivity contribution in [3.05, 3.63) is 30.3 Å². The van der Waals surface area contributed by atoms with Gasteiger partial charge in [-0.25, -0.2) is 0 Å². The number of benzene rings is 1. The standard InChI is InChI=1S/C13H15F3O3/c14-13(15,16)12(11-8-9(17)6-7-18-11)19-10-4-2-1-3-5-10/h1-5,9,11-12,17H,6-8H2. The minimum absolute atomic E-state index is 0.0724. The van der Waals surface area contributed by atoms with Crippen molar-refractivity contribution >= 4 is 0 Å². The SMILES string of the molecule is OC1CCOC(C(Oc2ccccc2)C(F)(F)F)C1. The number of hydrogen-bond acceptors (Lipinski definition) is 3. The van der Waals surface area contributed by atoms with Crippen molar-refractivity contribution in [3.8, 4) is 5.75 Å². The maximum atomic E-state index is 13.0. The third-order valence-electron chi connectivity index (χ3n) is 2.95. The highest BCUT2D eigenvalue weighted by molar-refractivity contribution is 5.21. The monoisotopic (exact) mass is 276 g/mol. The number of hydrogen-bond donors (Lipinski definition) is 1. The van der Waals surface area contributed by atoms with Gasteiger partial charge in [0.05, 0.1) is 6.10 Å². The molecule has 19 heavy (non-hydrogen) atoms. The number of para-hydroxylation sites is 1. The van der Waals surface area contributed by atoms with Gasteiger partial charge in [0.25, 0.3) is 0 Å². The van der Waals surface area contributed by atoms with E-state index < -0.39 is 24.5 Å². The fourth-order valence-corrected chi connectivity index (χ4v) is 2.02. The maximum Gasteiger partial charge on any atom is 0.428 e. The number of aliphatic hydroxyl groups excluding tert-OH is 1. The van der Waals surface area contributed by atoms with Gasteiger partial charge in [0.2, 0.25) is 6.10 Å². The zero-order valence-corrected chi connectivity index (χ0v) is 10.1. The van der Waals surface area contributed by atoms with Crippen molar-refractivity contribution in [2.75, 3.05) is 6.61 Å². The molecule has 0 radical (unpaired) electrons. The summed E-state index contributed by atoms with van der Waals surface area (Å²) in [6, 6.07) is 7.80. The first kappa shape index (κ1) is 14.1. The molecule has 1 aromatic rings. The molecule has 0 aliphatic carbocycles. The van der Waals surface area contributed by atoms with Gasteiger partial charge in [-0.15, -0.1) is 0 Å². The Labute approximate surface area is 108 Å². The highest BCUT2D eigenvalue weighted by Gasteiger charge is 2.49.